The van der Waals surface area contributed by atoms with E-state index in [0.29, 0.717) is 19.6 Å². The lowest BCUT2D eigenvalue weighted by Gasteiger charge is -2.30. The molecule has 160 valence electrons. The van der Waals surface area contributed by atoms with E-state index in [9.17, 15) is 13.6 Å². The highest BCUT2D eigenvalue weighted by molar-refractivity contribution is 5.79. The van der Waals surface area contributed by atoms with Gasteiger partial charge in [-0.2, -0.15) is 5.48 Å². The molecule has 1 aromatic carbocycles. The van der Waals surface area contributed by atoms with Crippen LogP contribution < -0.4 is 21.4 Å². The van der Waals surface area contributed by atoms with E-state index in [-0.39, 0.29) is 36.7 Å². The number of hydroxylamine groups is 1. The Hall–Kier alpha value is -1.65. The maximum Gasteiger partial charge on any atom is 0.253 e. The molecule has 1 aliphatic carbocycles. The summed E-state index contributed by atoms with van der Waals surface area (Å²) in [5.74, 6) is -0.477. The van der Waals surface area contributed by atoms with Gasteiger partial charge in [-0.15, -0.1) is 0 Å². The van der Waals surface area contributed by atoms with Crippen LogP contribution in [0.3, 0.4) is 0 Å². The number of hydrogen-bond donors (Lipinski definition) is 4. The molecule has 0 aromatic heterocycles. The standard InChI is InChI=1S/C20H28F2N4O3/c1-28-10-17-25-19(26-29-17)12-2-4-14-11(8-12)3-5-15(14)24-20(27)13-6-7-23-16(9-13)18(21)22/h2,4,8,13,15-19,23,25-26H,3,5-7,9-10H2,1H3,(H,24,27)/t13?,15-,16?,17?,19?/m1/s1. The van der Waals surface area contributed by atoms with Crippen LogP contribution in [0.5, 0.6) is 0 Å². The Bertz CT molecular complexity index is 736. The fourth-order valence-corrected chi connectivity index (χ4v) is 4.44. The van der Waals surface area contributed by atoms with Gasteiger partial charge in [-0.1, -0.05) is 18.2 Å². The van der Waals surface area contributed by atoms with Crippen molar-refractivity contribution >= 4 is 5.91 Å². The van der Waals surface area contributed by atoms with E-state index in [0.717, 1.165) is 24.0 Å². The smallest absolute Gasteiger partial charge is 0.253 e. The molecule has 2 saturated heterocycles. The minimum atomic E-state index is -2.44. The van der Waals surface area contributed by atoms with Crippen LogP contribution in [0.15, 0.2) is 18.2 Å². The molecule has 4 rings (SSSR count). The summed E-state index contributed by atoms with van der Waals surface area (Å²) in [6.45, 7) is 0.900. The number of aryl methyl sites for hydroxylation is 1. The maximum absolute atomic E-state index is 13.0. The van der Waals surface area contributed by atoms with Crippen molar-refractivity contribution in [2.24, 2.45) is 5.92 Å². The summed E-state index contributed by atoms with van der Waals surface area (Å²) in [6, 6.07) is 5.23. The van der Waals surface area contributed by atoms with E-state index < -0.39 is 12.5 Å². The lowest BCUT2D eigenvalue weighted by molar-refractivity contribution is -0.127. The molecule has 29 heavy (non-hydrogen) atoms. The fourth-order valence-electron chi connectivity index (χ4n) is 4.44. The quantitative estimate of drug-likeness (QED) is 0.569. The van der Waals surface area contributed by atoms with Crippen molar-refractivity contribution in [1.29, 1.82) is 0 Å². The van der Waals surface area contributed by atoms with Crippen molar-refractivity contribution in [2.75, 3.05) is 20.3 Å². The highest BCUT2D eigenvalue weighted by atomic mass is 19.3. The second-order valence-corrected chi connectivity index (χ2v) is 7.95. The molecule has 0 saturated carbocycles. The molecule has 1 amide bonds. The first-order valence-electron chi connectivity index (χ1n) is 10.2. The lowest BCUT2D eigenvalue weighted by atomic mass is 9.91. The lowest BCUT2D eigenvalue weighted by Crippen LogP contribution is -2.47. The Balaban J connectivity index is 1.37. The van der Waals surface area contributed by atoms with E-state index in [1.807, 2.05) is 12.1 Å². The topological polar surface area (TPSA) is 83.7 Å². The number of methoxy groups -OCH3 is 1. The number of nitrogens with one attached hydrogen (secondary N) is 4. The zero-order valence-electron chi connectivity index (χ0n) is 16.4. The second-order valence-electron chi connectivity index (χ2n) is 7.95. The molecule has 2 aliphatic heterocycles. The molecular formula is C20H28F2N4O3. The highest BCUT2D eigenvalue weighted by Crippen LogP contribution is 2.34. The first-order chi connectivity index (χ1) is 14.0. The van der Waals surface area contributed by atoms with Crippen LogP contribution >= 0.6 is 0 Å². The van der Waals surface area contributed by atoms with Gasteiger partial charge in [0.15, 0.2) is 6.23 Å². The zero-order chi connectivity index (χ0) is 20.4. The van der Waals surface area contributed by atoms with Crippen LogP contribution in [0.1, 0.15) is 48.2 Å². The van der Waals surface area contributed by atoms with Gasteiger partial charge in [-0.3, -0.25) is 14.9 Å². The molecule has 0 spiro atoms. The van der Waals surface area contributed by atoms with Crippen molar-refractivity contribution in [3.8, 4) is 0 Å². The summed E-state index contributed by atoms with van der Waals surface area (Å²) in [6.07, 6.45) is -0.292. The molecule has 3 aliphatic rings. The number of carbonyl (C=O) groups is 1. The third-order valence-corrected chi connectivity index (χ3v) is 6.01. The predicted octanol–water partition coefficient (Wildman–Crippen LogP) is 1.52. The van der Waals surface area contributed by atoms with Gasteiger partial charge in [0.25, 0.3) is 6.43 Å². The number of fused-ring (bicyclic) bond motifs is 1. The largest absolute Gasteiger partial charge is 0.380 e. The molecule has 0 bridgehead atoms. The van der Waals surface area contributed by atoms with E-state index in [2.05, 4.69) is 27.5 Å². The minimum absolute atomic E-state index is 0.0616. The first-order valence-corrected chi connectivity index (χ1v) is 10.2. The van der Waals surface area contributed by atoms with Gasteiger partial charge in [0.05, 0.1) is 18.7 Å². The Kier molecular flexibility index (Phi) is 6.41. The van der Waals surface area contributed by atoms with Crippen LogP contribution in [0.2, 0.25) is 0 Å². The molecule has 7 nitrogen and oxygen atoms in total. The maximum atomic E-state index is 13.0. The normalized spacial score (nSPS) is 31.8. The number of benzene rings is 1. The van der Waals surface area contributed by atoms with E-state index >= 15 is 0 Å². The van der Waals surface area contributed by atoms with Gasteiger partial charge in [0.1, 0.15) is 6.17 Å². The summed E-state index contributed by atoms with van der Waals surface area (Å²) in [7, 11) is 1.62. The number of ether oxygens (including phenoxy) is 1. The van der Waals surface area contributed by atoms with Crippen LogP contribution in [0.4, 0.5) is 8.78 Å². The predicted molar refractivity (Wildman–Crippen MR) is 102 cm³/mol. The number of alkyl halides is 2. The number of carbonyl (C=O) groups excluding carboxylic acids is 1. The number of rotatable bonds is 6. The Labute approximate surface area is 168 Å². The van der Waals surface area contributed by atoms with Crippen molar-refractivity contribution in [1.82, 2.24) is 21.4 Å². The Morgan fingerprint density at radius 2 is 2.24 bits per heavy atom. The molecule has 4 unspecified atom stereocenters. The van der Waals surface area contributed by atoms with Gasteiger partial charge >= 0.3 is 0 Å². The Morgan fingerprint density at radius 1 is 1.38 bits per heavy atom. The van der Waals surface area contributed by atoms with Gasteiger partial charge in [0, 0.05) is 13.0 Å². The first kappa shape index (κ1) is 20.6. The number of halogens is 2. The van der Waals surface area contributed by atoms with Crippen molar-refractivity contribution in [3.63, 3.8) is 0 Å². The van der Waals surface area contributed by atoms with Crippen molar-refractivity contribution in [2.45, 2.75) is 56.6 Å². The fraction of sp³-hybridized carbons (Fsp3) is 0.650. The monoisotopic (exact) mass is 410 g/mol. The minimum Gasteiger partial charge on any atom is -0.380 e. The van der Waals surface area contributed by atoms with Gasteiger partial charge in [0.2, 0.25) is 5.91 Å². The van der Waals surface area contributed by atoms with Crippen LogP contribution in [-0.4, -0.2) is 44.9 Å². The van der Waals surface area contributed by atoms with Crippen LogP contribution in [0.25, 0.3) is 0 Å². The molecule has 9 heteroatoms. The molecule has 2 fully saturated rings. The average molecular weight is 410 g/mol. The van der Waals surface area contributed by atoms with Crippen molar-refractivity contribution < 1.29 is 23.1 Å². The molecule has 2 heterocycles. The molecule has 1 aromatic rings. The summed E-state index contributed by atoms with van der Waals surface area (Å²) < 4.78 is 31.0. The second kappa shape index (κ2) is 9.01. The zero-order valence-corrected chi connectivity index (χ0v) is 16.4. The van der Waals surface area contributed by atoms with Gasteiger partial charge < -0.3 is 15.4 Å². The molecular weight excluding hydrogens is 382 g/mol. The van der Waals surface area contributed by atoms with Gasteiger partial charge in [-0.05, 0) is 48.9 Å². The van der Waals surface area contributed by atoms with Crippen LogP contribution in [-0.2, 0) is 20.8 Å². The van der Waals surface area contributed by atoms with E-state index in [4.69, 9.17) is 9.57 Å². The van der Waals surface area contributed by atoms with Crippen LogP contribution in [0, 0.1) is 5.92 Å². The van der Waals surface area contributed by atoms with Crippen molar-refractivity contribution in [3.05, 3.63) is 34.9 Å². The summed E-state index contributed by atoms with van der Waals surface area (Å²) in [5, 5.41) is 9.19. The third kappa shape index (κ3) is 4.59. The van der Waals surface area contributed by atoms with E-state index in [1.54, 1.807) is 7.11 Å². The average Bonchev–Trinajstić information content (AvgIpc) is 3.35. The molecule has 0 radical (unpaired) electrons. The van der Waals surface area contributed by atoms with E-state index in [1.165, 1.54) is 5.56 Å². The summed E-state index contributed by atoms with van der Waals surface area (Å²) in [5.41, 5.74) is 6.34. The summed E-state index contributed by atoms with van der Waals surface area (Å²) >= 11 is 0. The summed E-state index contributed by atoms with van der Waals surface area (Å²) in [4.78, 5) is 18.1. The molecule has 5 atom stereocenters. The highest BCUT2D eigenvalue weighted by Gasteiger charge is 2.34. The SMILES string of the molecule is COCC1NC(c2ccc3c(c2)CC[C@H]3NC(=O)C2CCNC(C(F)F)C2)NO1. The number of amides is 1. The Morgan fingerprint density at radius 3 is 3.03 bits per heavy atom. The third-order valence-electron chi connectivity index (χ3n) is 6.01. The molecule has 4 N–H and O–H groups in total. The van der Waals surface area contributed by atoms with Gasteiger partial charge in [-0.25, -0.2) is 8.78 Å². The number of piperidine rings is 1. The number of hydrogen-bond acceptors (Lipinski definition) is 6.